The van der Waals surface area contributed by atoms with E-state index in [1.165, 1.54) is 11.6 Å². The summed E-state index contributed by atoms with van der Waals surface area (Å²) in [4.78, 5) is 31.4. The molecule has 0 bridgehead atoms. The predicted molar refractivity (Wildman–Crippen MR) is 94.2 cm³/mol. The molecule has 0 amide bonds. The number of aryl methyl sites for hydroxylation is 2. The molecule has 0 aromatic carbocycles. The fourth-order valence-corrected chi connectivity index (χ4v) is 2.90. The largest absolute Gasteiger partial charge is 0.378 e. The molecule has 2 aromatic rings. The molecule has 24 heavy (non-hydrogen) atoms. The Morgan fingerprint density at radius 2 is 1.83 bits per heavy atom. The van der Waals surface area contributed by atoms with E-state index in [4.69, 9.17) is 10.5 Å². The molecule has 1 aliphatic heterocycles. The zero-order valence-electron chi connectivity index (χ0n) is 13.9. The van der Waals surface area contributed by atoms with Crippen molar-refractivity contribution in [1.82, 2.24) is 18.7 Å². The monoisotopic (exact) mass is 358 g/mol. The Hall–Kier alpha value is -1.84. The van der Waals surface area contributed by atoms with E-state index in [0.717, 1.165) is 11.0 Å². The molecular formula is C14H23ClN6O3. The van der Waals surface area contributed by atoms with Gasteiger partial charge in [-0.15, -0.1) is 12.4 Å². The molecule has 0 aliphatic carbocycles. The molecule has 0 spiro atoms. The number of aromatic nitrogens is 4. The van der Waals surface area contributed by atoms with Crippen molar-refractivity contribution >= 4 is 29.5 Å². The van der Waals surface area contributed by atoms with Gasteiger partial charge >= 0.3 is 5.69 Å². The molecule has 0 saturated carbocycles. The molecule has 2 N–H and O–H groups in total. The summed E-state index contributed by atoms with van der Waals surface area (Å²) in [7, 11) is 3.12. The van der Waals surface area contributed by atoms with E-state index in [1.54, 1.807) is 7.05 Å². The first-order valence-electron chi connectivity index (χ1n) is 7.75. The molecule has 0 atom stereocenters. The topological polar surface area (TPSA) is 100 Å². The number of rotatable bonds is 4. The molecule has 2 aromatic heterocycles. The Morgan fingerprint density at radius 3 is 2.46 bits per heavy atom. The molecule has 3 rings (SSSR count). The Kier molecular flexibility index (Phi) is 5.68. The minimum atomic E-state index is -0.375. The highest BCUT2D eigenvalue weighted by Gasteiger charge is 2.23. The smallest absolute Gasteiger partial charge is 0.332 e. The van der Waals surface area contributed by atoms with Crippen LogP contribution in [0.15, 0.2) is 9.59 Å². The summed E-state index contributed by atoms with van der Waals surface area (Å²) in [5.74, 6) is 0.704. The number of morpholine rings is 1. The lowest BCUT2D eigenvalue weighted by Crippen LogP contribution is -2.38. The first-order chi connectivity index (χ1) is 11.1. The average molecular weight is 359 g/mol. The second kappa shape index (κ2) is 7.37. The van der Waals surface area contributed by atoms with Crippen LogP contribution in [0.25, 0.3) is 11.2 Å². The molecule has 3 heterocycles. The Balaban J connectivity index is 0.00000208. The predicted octanol–water partition coefficient (Wildman–Crippen LogP) is -0.959. The number of ether oxygens (including phenoxy) is 1. The van der Waals surface area contributed by atoms with Crippen molar-refractivity contribution in [1.29, 1.82) is 0 Å². The van der Waals surface area contributed by atoms with Crippen molar-refractivity contribution in [3.8, 4) is 0 Å². The quantitative estimate of drug-likeness (QED) is 0.755. The number of imidazole rings is 1. The van der Waals surface area contributed by atoms with Gasteiger partial charge in [-0.1, -0.05) is 0 Å². The van der Waals surface area contributed by atoms with Crippen LogP contribution in [0.2, 0.25) is 0 Å². The maximum Gasteiger partial charge on any atom is 0.332 e. The van der Waals surface area contributed by atoms with Gasteiger partial charge in [-0.3, -0.25) is 13.9 Å². The lowest BCUT2D eigenvalue weighted by Gasteiger charge is -2.28. The van der Waals surface area contributed by atoms with Crippen molar-refractivity contribution in [3.63, 3.8) is 0 Å². The van der Waals surface area contributed by atoms with Crippen LogP contribution >= 0.6 is 12.4 Å². The van der Waals surface area contributed by atoms with Crippen LogP contribution in [-0.2, 0) is 25.4 Å². The van der Waals surface area contributed by atoms with Gasteiger partial charge < -0.3 is 19.9 Å². The number of nitrogens with zero attached hydrogens (tertiary/aromatic N) is 5. The normalized spacial score (nSPS) is 14.9. The molecule has 0 unspecified atom stereocenters. The van der Waals surface area contributed by atoms with Gasteiger partial charge in [0.1, 0.15) is 0 Å². The van der Waals surface area contributed by atoms with Gasteiger partial charge in [0.05, 0.1) is 13.2 Å². The van der Waals surface area contributed by atoms with Gasteiger partial charge in [-0.2, -0.15) is 4.98 Å². The maximum atomic E-state index is 12.6. The van der Waals surface area contributed by atoms with Gasteiger partial charge in [0.25, 0.3) is 5.56 Å². The van der Waals surface area contributed by atoms with Gasteiger partial charge in [-0.25, -0.2) is 4.79 Å². The highest BCUT2D eigenvalue weighted by molar-refractivity contribution is 5.85. The SMILES string of the molecule is Cl.Cn1c(=O)c2c(nc(N3CCOCC3)n2CCCN)n(C)c1=O. The molecule has 1 aliphatic rings. The number of hydrogen-bond donors (Lipinski definition) is 1. The van der Waals surface area contributed by atoms with Crippen LogP contribution in [0, 0.1) is 0 Å². The third-order valence-corrected chi connectivity index (χ3v) is 4.21. The van der Waals surface area contributed by atoms with Gasteiger partial charge in [0, 0.05) is 33.7 Å². The Morgan fingerprint density at radius 1 is 1.17 bits per heavy atom. The number of halogens is 1. The first-order valence-corrected chi connectivity index (χ1v) is 7.75. The Bertz CT molecular complexity index is 834. The first kappa shape index (κ1) is 18.5. The molecule has 134 valence electrons. The average Bonchev–Trinajstić information content (AvgIpc) is 2.96. The second-order valence-electron chi connectivity index (χ2n) is 5.68. The fourth-order valence-electron chi connectivity index (χ4n) is 2.90. The van der Waals surface area contributed by atoms with E-state index < -0.39 is 0 Å². The van der Waals surface area contributed by atoms with Crippen molar-refractivity contribution in [2.24, 2.45) is 19.8 Å². The zero-order valence-corrected chi connectivity index (χ0v) is 14.7. The third-order valence-electron chi connectivity index (χ3n) is 4.21. The summed E-state index contributed by atoms with van der Waals surface area (Å²) >= 11 is 0. The van der Waals surface area contributed by atoms with Crippen molar-refractivity contribution in [2.75, 3.05) is 37.7 Å². The van der Waals surface area contributed by atoms with E-state index >= 15 is 0 Å². The maximum absolute atomic E-state index is 12.6. The van der Waals surface area contributed by atoms with Crippen LogP contribution in [0.3, 0.4) is 0 Å². The molecule has 9 nitrogen and oxygen atoms in total. The lowest BCUT2D eigenvalue weighted by molar-refractivity contribution is 0.121. The van der Waals surface area contributed by atoms with Crippen LogP contribution < -0.4 is 21.9 Å². The lowest BCUT2D eigenvalue weighted by atomic mass is 10.4. The van der Waals surface area contributed by atoms with Gasteiger partial charge in [0.15, 0.2) is 11.2 Å². The molecule has 0 radical (unpaired) electrons. The third kappa shape index (κ3) is 2.94. The van der Waals surface area contributed by atoms with Crippen molar-refractivity contribution < 1.29 is 4.74 Å². The fraction of sp³-hybridized carbons (Fsp3) is 0.643. The van der Waals surface area contributed by atoms with E-state index in [0.29, 0.717) is 56.5 Å². The number of hydrogen-bond acceptors (Lipinski definition) is 6. The Labute approximate surface area is 145 Å². The summed E-state index contributed by atoms with van der Waals surface area (Å²) < 4.78 is 9.80. The molecule has 10 heteroatoms. The van der Waals surface area contributed by atoms with Crippen molar-refractivity contribution in [2.45, 2.75) is 13.0 Å². The highest BCUT2D eigenvalue weighted by Crippen LogP contribution is 2.20. The number of fused-ring (bicyclic) bond motifs is 1. The van der Waals surface area contributed by atoms with Crippen LogP contribution in [0.4, 0.5) is 5.95 Å². The standard InChI is InChI=1S/C14H22N6O3.ClH/c1-17-11-10(12(21)18(2)14(17)22)20(5-3-4-15)13(16-11)19-6-8-23-9-7-19;/h3-9,15H2,1-2H3;1H. The van der Waals surface area contributed by atoms with E-state index in [-0.39, 0.29) is 23.7 Å². The van der Waals surface area contributed by atoms with Crippen LogP contribution in [0.1, 0.15) is 6.42 Å². The van der Waals surface area contributed by atoms with Gasteiger partial charge in [0.2, 0.25) is 5.95 Å². The van der Waals surface area contributed by atoms with E-state index in [9.17, 15) is 9.59 Å². The van der Waals surface area contributed by atoms with Crippen molar-refractivity contribution in [3.05, 3.63) is 20.8 Å². The number of anilines is 1. The zero-order chi connectivity index (χ0) is 16.6. The van der Waals surface area contributed by atoms with E-state index in [2.05, 4.69) is 9.88 Å². The van der Waals surface area contributed by atoms with Crippen LogP contribution in [0.5, 0.6) is 0 Å². The summed E-state index contributed by atoms with van der Waals surface area (Å²) in [5.41, 5.74) is 5.79. The van der Waals surface area contributed by atoms with Gasteiger partial charge in [-0.05, 0) is 13.0 Å². The second-order valence-corrected chi connectivity index (χ2v) is 5.68. The van der Waals surface area contributed by atoms with E-state index in [1.807, 2.05) is 4.57 Å². The summed E-state index contributed by atoms with van der Waals surface area (Å²) in [6.45, 7) is 3.77. The molecular weight excluding hydrogens is 336 g/mol. The minimum Gasteiger partial charge on any atom is -0.378 e. The van der Waals surface area contributed by atoms with Crippen LogP contribution in [-0.4, -0.2) is 51.5 Å². The number of nitrogens with two attached hydrogens (primary N) is 1. The summed E-state index contributed by atoms with van der Waals surface area (Å²) in [6, 6.07) is 0. The summed E-state index contributed by atoms with van der Waals surface area (Å²) in [5, 5.41) is 0. The summed E-state index contributed by atoms with van der Waals surface area (Å²) in [6.07, 6.45) is 0.731. The molecule has 1 fully saturated rings. The molecule has 1 saturated heterocycles. The highest BCUT2D eigenvalue weighted by atomic mass is 35.5. The minimum absolute atomic E-state index is 0.